The van der Waals surface area contributed by atoms with Gasteiger partial charge in [-0.25, -0.2) is 9.97 Å². The summed E-state index contributed by atoms with van der Waals surface area (Å²) in [6, 6.07) is 0.344. The minimum absolute atomic E-state index is 0.344. The van der Waals surface area contributed by atoms with Gasteiger partial charge in [0.25, 0.3) is 0 Å². The minimum Gasteiger partial charge on any atom is -0.313 e. The maximum atomic E-state index is 4.04. The van der Waals surface area contributed by atoms with Gasteiger partial charge in [0.15, 0.2) is 0 Å². The van der Waals surface area contributed by atoms with Crippen LogP contribution in [-0.4, -0.2) is 17.0 Å². The fraction of sp³-hybridized carbons (Fsp3) is 0.636. The largest absolute Gasteiger partial charge is 0.313 e. The fourth-order valence-electron chi connectivity index (χ4n) is 1.59. The molecule has 0 aliphatic carbocycles. The highest BCUT2D eigenvalue weighted by Gasteiger charge is 2.20. The first kappa shape index (κ1) is 11.1. The third-order valence-corrected chi connectivity index (χ3v) is 2.83. The highest BCUT2D eigenvalue weighted by molar-refractivity contribution is 5.10. The smallest absolute Gasteiger partial charge is 0.115 e. The lowest BCUT2D eigenvalue weighted by Crippen LogP contribution is -2.26. The van der Waals surface area contributed by atoms with Crippen molar-refractivity contribution in [3.63, 3.8) is 0 Å². The molecule has 1 N–H and O–H groups in total. The van der Waals surface area contributed by atoms with Crippen LogP contribution in [0.15, 0.2) is 18.7 Å². The highest BCUT2D eigenvalue weighted by Crippen LogP contribution is 2.26. The maximum absolute atomic E-state index is 4.04. The van der Waals surface area contributed by atoms with Gasteiger partial charge >= 0.3 is 0 Å². The van der Waals surface area contributed by atoms with E-state index < -0.39 is 0 Å². The van der Waals surface area contributed by atoms with Gasteiger partial charge in [-0.1, -0.05) is 20.8 Å². The van der Waals surface area contributed by atoms with Crippen LogP contribution < -0.4 is 5.32 Å². The van der Waals surface area contributed by atoms with Crippen molar-refractivity contribution in [1.82, 2.24) is 15.3 Å². The summed E-state index contributed by atoms with van der Waals surface area (Å²) in [6.07, 6.45) is 5.33. The number of nitrogens with one attached hydrogen (secondary N) is 1. The number of hydrogen-bond acceptors (Lipinski definition) is 3. The number of rotatable bonds is 4. The van der Waals surface area contributed by atoms with Crippen molar-refractivity contribution in [3.05, 3.63) is 24.3 Å². The molecule has 2 atom stereocenters. The Labute approximate surface area is 86.0 Å². The molecule has 0 aliphatic heterocycles. The lowest BCUT2D eigenvalue weighted by Gasteiger charge is -2.26. The standard InChI is InChI=1S/C11H19N3/c1-8(2)9(3)11(12-4)10-5-13-7-14-6-10/h5-9,11-12H,1-4H3. The van der Waals surface area contributed by atoms with Crippen LogP contribution in [0.4, 0.5) is 0 Å². The Morgan fingerprint density at radius 3 is 2.14 bits per heavy atom. The Morgan fingerprint density at radius 1 is 1.14 bits per heavy atom. The molecule has 1 heterocycles. The van der Waals surface area contributed by atoms with Gasteiger partial charge in [0.1, 0.15) is 6.33 Å². The lowest BCUT2D eigenvalue weighted by atomic mass is 9.87. The molecule has 0 spiro atoms. The van der Waals surface area contributed by atoms with Gasteiger partial charge in [-0.05, 0) is 18.9 Å². The van der Waals surface area contributed by atoms with E-state index in [4.69, 9.17) is 0 Å². The second-order valence-corrected chi connectivity index (χ2v) is 4.04. The average Bonchev–Trinajstić information content (AvgIpc) is 2.20. The van der Waals surface area contributed by atoms with E-state index in [9.17, 15) is 0 Å². The molecule has 0 radical (unpaired) electrons. The van der Waals surface area contributed by atoms with Crippen LogP contribution in [0, 0.1) is 11.8 Å². The molecule has 0 bridgehead atoms. The molecule has 0 saturated carbocycles. The zero-order chi connectivity index (χ0) is 10.6. The van der Waals surface area contributed by atoms with Gasteiger partial charge in [-0.3, -0.25) is 0 Å². The first-order valence-corrected chi connectivity index (χ1v) is 5.09. The van der Waals surface area contributed by atoms with Crippen molar-refractivity contribution >= 4 is 0 Å². The van der Waals surface area contributed by atoms with E-state index >= 15 is 0 Å². The van der Waals surface area contributed by atoms with Crippen molar-refractivity contribution in [1.29, 1.82) is 0 Å². The average molecular weight is 193 g/mol. The second-order valence-electron chi connectivity index (χ2n) is 4.04. The van der Waals surface area contributed by atoms with Gasteiger partial charge in [0, 0.05) is 24.0 Å². The summed E-state index contributed by atoms with van der Waals surface area (Å²) >= 11 is 0. The monoisotopic (exact) mass is 193 g/mol. The summed E-state index contributed by atoms with van der Waals surface area (Å²) in [7, 11) is 1.98. The predicted octanol–water partition coefficient (Wildman–Crippen LogP) is 2.03. The molecule has 14 heavy (non-hydrogen) atoms. The molecule has 1 rings (SSSR count). The van der Waals surface area contributed by atoms with Crippen LogP contribution in [0.5, 0.6) is 0 Å². The predicted molar refractivity (Wildman–Crippen MR) is 57.8 cm³/mol. The molecular formula is C11H19N3. The van der Waals surface area contributed by atoms with Crippen molar-refractivity contribution in [3.8, 4) is 0 Å². The Balaban J connectivity index is 2.82. The van der Waals surface area contributed by atoms with Crippen LogP contribution in [0.3, 0.4) is 0 Å². The van der Waals surface area contributed by atoms with Crippen LogP contribution in [0.25, 0.3) is 0 Å². The van der Waals surface area contributed by atoms with E-state index in [1.165, 1.54) is 0 Å². The van der Waals surface area contributed by atoms with Gasteiger partial charge in [-0.2, -0.15) is 0 Å². The van der Waals surface area contributed by atoms with Crippen LogP contribution >= 0.6 is 0 Å². The van der Waals surface area contributed by atoms with Crippen molar-refractivity contribution in [2.45, 2.75) is 26.8 Å². The third kappa shape index (κ3) is 2.51. The molecular weight excluding hydrogens is 174 g/mol. The van der Waals surface area contributed by atoms with Crippen LogP contribution in [0.1, 0.15) is 32.4 Å². The van der Waals surface area contributed by atoms with Crippen molar-refractivity contribution < 1.29 is 0 Å². The van der Waals surface area contributed by atoms with Gasteiger partial charge < -0.3 is 5.32 Å². The second kappa shape index (κ2) is 5.05. The quantitative estimate of drug-likeness (QED) is 0.795. The van der Waals surface area contributed by atoms with Crippen LogP contribution in [0.2, 0.25) is 0 Å². The Morgan fingerprint density at radius 2 is 1.71 bits per heavy atom. The summed E-state index contributed by atoms with van der Waals surface area (Å²) < 4.78 is 0. The number of aromatic nitrogens is 2. The van der Waals surface area contributed by atoms with E-state index in [0.29, 0.717) is 17.9 Å². The molecule has 0 aromatic carbocycles. The molecule has 2 unspecified atom stereocenters. The van der Waals surface area contributed by atoms with E-state index in [-0.39, 0.29) is 0 Å². The first-order valence-electron chi connectivity index (χ1n) is 5.09. The third-order valence-electron chi connectivity index (χ3n) is 2.83. The summed E-state index contributed by atoms with van der Waals surface area (Å²) in [5.74, 6) is 1.22. The molecule has 0 aliphatic rings. The summed E-state index contributed by atoms with van der Waals surface area (Å²) in [5, 5.41) is 3.32. The van der Waals surface area contributed by atoms with Crippen molar-refractivity contribution in [2.75, 3.05) is 7.05 Å². The maximum Gasteiger partial charge on any atom is 0.115 e. The Hall–Kier alpha value is -0.960. The molecule has 0 amide bonds. The summed E-state index contributed by atoms with van der Waals surface area (Å²) in [4.78, 5) is 8.09. The Kier molecular flexibility index (Phi) is 4.01. The zero-order valence-electron chi connectivity index (χ0n) is 9.36. The topological polar surface area (TPSA) is 37.8 Å². The summed E-state index contributed by atoms with van der Waals surface area (Å²) in [6.45, 7) is 6.72. The SMILES string of the molecule is CNC(c1cncnc1)C(C)C(C)C. The molecule has 78 valence electrons. The van der Waals surface area contributed by atoms with E-state index in [1.807, 2.05) is 19.4 Å². The van der Waals surface area contributed by atoms with Crippen molar-refractivity contribution in [2.24, 2.45) is 11.8 Å². The van der Waals surface area contributed by atoms with Gasteiger partial charge in [-0.15, -0.1) is 0 Å². The molecule has 0 fully saturated rings. The minimum atomic E-state index is 0.344. The first-order chi connectivity index (χ1) is 6.66. The van der Waals surface area contributed by atoms with E-state index in [2.05, 4.69) is 36.1 Å². The number of hydrogen-bond donors (Lipinski definition) is 1. The van der Waals surface area contributed by atoms with Gasteiger partial charge in [0.05, 0.1) is 0 Å². The molecule has 1 aromatic rings. The number of nitrogens with zero attached hydrogens (tertiary/aromatic N) is 2. The van der Waals surface area contributed by atoms with Crippen LogP contribution in [-0.2, 0) is 0 Å². The molecule has 0 saturated heterocycles. The highest BCUT2D eigenvalue weighted by atomic mass is 14.9. The molecule has 1 aromatic heterocycles. The molecule has 3 nitrogen and oxygen atoms in total. The molecule has 3 heteroatoms. The Bertz CT molecular complexity index is 258. The lowest BCUT2D eigenvalue weighted by molar-refractivity contribution is 0.316. The zero-order valence-corrected chi connectivity index (χ0v) is 9.36. The summed E-state index contributed by atoms with van der Waals surface area (Å²) in [5.41, 5.74) is 1.16. The van der Waals surface area contributed by atoms with E-state index in [1.54, 1.807) is 6.33 Å². The fourth-order valence-corrected chi connectivity index (χ4v) is 1.59. The van der Waals surface area contributed by atoms with E-state index in [0.717, 1.165) is 5.56 Å². The normalized spacial score (nSPS) is 15.5. The van der Waals surface area contributed by atoms with Gasteiger partial charge in [0.2, 0.25) is 0 Å².